The molecule has 0 aliphatic heterocycles. The molecular weight excluding hydrogens is 206 g/mol. The predicted molar refractivity (Wildman–Crippen MR) is 50.8 cm³/mol. The number of halogens is 1. The van der Waals surface area contributed by atoms with Gasteiger partial charge in [-0.3, -0.25) is 4.79 Å². The van der Waals surface area contributed by atoms with Gasteiger partial charge in [-0.1, -0.05) is 29.8 Å². The van der Waals surface area contributed by atoms with Crippen molar-refractivity contribution in [2.45, 2.75) is 38.6 Å². The fourth-order valence-corrected chi connectivity index (χ4v) is 0.638. The molecule has 0 aromatic rings. The largest absolute Gasteiger partial charge is 0.352 e. The molecule has 66 valence electrons. The second kappa shape index (κ2) is 4.75. The maximum atomic E-state index is 11.1. The van der Waals surface area contributed by atoms with E-state index in [1.807, 2.05) is 13.8 Å². The van der Waals surface area contributed by atoms with Crippen LogP contribution in [0.3, 0.4) is 0 Å². The van der Waals surface area contributed by atoms with Crippen LogP contribution in [0.25, 0.3) is 0 Å². The van der Waals surface area contributed by atoms with Crippen molar-refractivity contribution < 1.29 is 4.79 Å². The molecule has 2 nitrogen and oxygen atoms in total. The minimum absolute atomic E-state index is 0.0613. The zero-order valence-corrected chi connectivity index (χ0v) is 9.10. The van der Waals surface area contributed by atoms with Crippen LogP contribution in [-0.2, 0) is 4.79 Å². The van der Waals surface area contributed by atoms with Gasteiger partial charge in [-0.25, -0.2) is 0 Å². The highest BCUT2D eigenvalue weighted by Crippen LogP contribution is 2.02. The summed E-state index contributed by atoms with van der Waals surface area (Å²) < 4.78 is 0. The van der Waals surface area contributed by atoms with E-state index >= 15 is 0 Å². The summed E-state index contributed by atoms with van der Waals surface area (Å²) in [5.74, 6) is 0.552. The first-order valence-corrected chi connectivity index (χ1v) is 4.81. The van der Waals surface area contributed by atoms with Crippen LogP contribution in [0, 0.1) is 5.92 Å². The summed E-state index contributed by atoms with van der Waals surface area (Å²) in [7, 11) is 0. The second-order valence-corrected chi connectivity index (χ2v) is 4.53. The Morgan fingerprint density at radius 2 is 1.73 bits per heavy atom. The molecule has 11 heavy (non-hydrogen) atoms. The first-order chi connectivity index (χ1) is 4.95. The molecule has 0 aromatic carbocycles. The Balaban J connectivity index is 3.76. The molecule has 0 bridgehead atoms. The van der Waals surface area contributed by atoms with Crippen molar-refractivity contribution in [1.82, 2.24) is 5.32 Å². The Morgan fingerprint density at radius 3 is 2.00 bits per heavy atom. The van der Waals surface area contributed by atoms with Gasteiger partial charge in [0, 0.05) is 6.04 Å². The lowest BCUT2D eigenvalue weighted by molar-refractivity contribution is -0.121. The molecule has 1 N–H and O–H groups in total. The van der Waals surface area contributed by atoms with Crippen LogP contribution < -0.4 is 5.32 Å². The molecule has 0 rings (SSSR count). The SMILES string of the molecule is CC(Br)C(=O)NC(C)C(C)C. The van der Waals surface area contributed by atoms with E-state index in [-0.39, 0.29) is 16.8 Å². The van der Waals surface area contributed by atoms with Crippen molar-refractivity contribution in [1.29, 1.82) is 0 Å². The summed E-state index contributed by atoms with van der Waals surface area (Å²) in [6.07, 6.45) is 0. The fourth-order valence-electron chi connectivity index (χ4n) is 0.506. The quantitative estimate of drug-likeness (QED) is 0.726. The van der Waals surface area contributed by atoms with Gasteiger partial charge in [-0.15, -0.1) is 0 Å². The molecule has 0 aliphatic rings. The molecule has 2 atom stereocenters. The molecule has 0 saturated heterocycles. The van der Waals surface area contributed by atoms with Crippen molar-refractivity contribution >= 4 is 21.8 Å². The minimum Gasteiger partial charge on any atom is -0.352 e. The van der Waals surface area contributed by atoms with Crippen LogP contribution in [0.15, 0.2) is 0 Å². The lowest BCUT2D eigenvalue weighted by Gasteiger charge is -2.18. The van der Waals surface area contributed by atoms with Crippen LogP contribution in [0.1, 0.15) is 27.7 Å². The lowest BCUT2D eigenvalue weighted by atomic mass is 10.1. The molecule has 0 aliphatic carbocycles. The van der Waals surface area contributed by atoms with Gasteiger partial charge in [0.15, 0.2) is 0 Å². The number of nitrogens with one attached hydrogen (secondary N) is 1. The molecular formula is C8H16BrNO. The van der Waals surface area contributed by atoms with Crippen LogP contribution >= 0.6 is 15.9 Å². The molecule has 1 amide bonds. The zero-order valence-electron chi connectivity index (χ0n) is 7.52. The highest BCUT2D eigenvalue weighted by Gasteiger charge is 2.13. The maximum Gasteiger partial charge on any atom is 0.233 e. The van der Waals surface area contributed by atoms with Crippen molar-refractivity contribution in [2.24, 2.45) is 5.92 Å². The summed E-state index contributed by atoms with van der Waals surface area (Å²) in [6, 6.07) is 0.252. The van der Waals surface area contributed by atoms with Gasteiger partial charge in [-0.2, -0.15) is 0 Å². The van der Waals surface area contributed by atoms with Crippen LogP contribution in [0.4, 0.5) is 0 Å². The number of hydrogen-bond acceptors (Lipinski definition) is 1. The first kappa shape index (κ1) is 11.0. The van der Waals surface area contributed by atoms with Gasteiger partial charge in [0.1, 0.15) is 0 Å². The number of hydrogen-bond donors (Lipinski definition) is 1. The molecule has 0 radical (unpaired) electrons. The molecule has 2 unspecified atom stereocenters. The van der Waals surface area contributed by atoms with Gasteiger partial charge >= 0.3 is 0 Å². The fraction of sp³-hybridized carbons (Fsp3) is 0.875. The average Bonchev–Trinajstić information content (AvgIpc) is 1.87. The normalized spacial score (nSPS) is 16.2. The Bertz CT molecular complexity index is 134. The average molecular weight is 222 g/mol. The van der Waals surface area contributed by atoms with Crippen molar-refractivity contribution in [3.8, 4) is 0 Å². The van der Waals surface area contributed by atoms with Gasteiger partial charge < -0.3 is 5.32 Å². The van der Waals surface area contributed by atoms with Gasteiger partial charge in [-0.05, 0) is 19.8 Å². The topological polar surface area (TPSA) is 29.1 Å². The smallest absolute Gasteiger partial charge is 0.233 e. The van der Waals surface area contributed by atoms with E-state index in [1.165, 1.54) is 0 Å². The summed E-state index contributed by atoms with van der Waals surface area (Å²) in [6.45, 7) is 8.01. The van der Waals surface area contributed by atoms with E-state index in [1.54, 1.807) is 0 Å². The number of alkyl halides is 1. The first-order valence-electron chi connectivity index (χ1n) is 3.89. The van der Waals surface area contributed by atoms with E-state index in [2.05, 4.69) is 35.1 Å². The molecule has 0 aromatic heterocycles. The lowest BCUT2D eigenvalue weighted by Crippen LogP contribution is -2.39. The molecule has 0 fully saturated rings. The van der Waals surface area contributed by atoms with Crippen LogP contribution in [-0.4, -0.2) is 16.8 Å². The van der Waals surface area contributed by atoms with Crippen molar-refractivity contribution in [2.75, 3.05) is 0 Å². The van der Waals surface area contributed by atoms with Gasteiger partial charge in [0.25, 0.3) is 0 Å². The monoisotopic (exact) mass is 221 g/mol. The van der Waals surface area contributed by atoms with Crippen LogP contribution in [0.2, 0.25) is 0 Å². The van der Waals surface area contributed by atoms with Gasteiger partial charge in [0.05, 0.1) is 4.83 Å². The molecule has 0 spiro atoms. The minimum atomic E-state index is -0.0938. The Hall–Kier alpha value is -0.0500. The van der Waals surface area contributed by atoms with E-state index in [9.17, 15) is 4.79 Å². The Morgan fingerprint density at radius 1 is 1.27 bits per heavy atom. The van der Waals surface area contributed by atoms with E-state index in [0.717, 1.165) is 0 Å². The zero-order chi connectivity index (χ0) is 9.02. The third-order valence-corrected chi connectivity index (χ3v) is 2.15. The highest BCUT2D eigenvalue weighted by molar-refractivity contribution is 9.10. The Labute approximate surface area is 76.9 Å². The predicted octanol–water partition coefficient (Wildman–Crippen LogP) is 1.93. The summed E-state index contributed by atoms with van der Waals surface area (Å²) in [5, 5.41) is 2.89. The third-order valence-electron chi connectivity index (χ3n) is 1.73. The maximum absolute atomic E-state index is 11.1. The van der Waals surface area contributed by atoms with Crippen LogP contribution in [0.5, 0.6) is 0 Å². The summed E-state index contributed by atoms with van der Waals surface area (Å²) in [4.78, 5) is 11.0. The highest BCUT2D eigenvalue weighted by atomic mass is 79.9. The molecule has 3 heteroatoms. The molecule has 0 heterocycles. The number of carbonyl (C=O) groups is 1. The summed E-state index contributed by atoms with van der Waals surface area (Å²) in [5.41, 5.74) is 0. The number of carbonyl (C=O) groups excluding carboxylic acids is 1. The van der Waals surface area contributed by atoms with E-state index in [0.29, 0.717) is 5.92 Å². The summed E-state index contributed by atoms with van der Waals surface area (Å²) >= 11 is 3.21. The second-order valence-electron chi connectivity index (χ2n) is 3.16. The Kier molecular flexibility index (Phi) is 4.73. The number of rotatable bonds is 3. The third kappa shape index (κ3) is 4.40. The van der Waals surface area contributed by atoms with Gasteiger partial charge in [0.2, 0.25) is 5.91 Å². The van der Waals surface area contributed by atoms with Crippen molar-refractivity contribution in [3.05, 3.63) is 0 Å². The van der Waals surface area contributed by atoms with E-state index in [4.69, 9.17) is 0 Å². The molecule has 0 saturated carbocycles. The van der Waals surface area contributed by atoms with Crippen molar-refractivity contribution in [3.63, 3.8) is 0 Å². The van der Waals surface area contributed by atoms with E-state index < -0.39 is 0 Å². The standard InChI is InChI=1S/C8H16BrNO/c1-5(2)7(4)10-8(11)6(3)9/h5-7H,1-4H3,(H,10,11). The number of amides is 1.